The Balaban J connectivity index is 2.01. The Bertz CT molecular complexity index is 1040. The van der Waals surface area contributed by atoms with Gasteiger partial charge in [-0.15, -0.1) is 11.3 Å². The van der Waals surface area contributed by atoms with Crippen LogP contribution in [0, 0.1) is 18.6 Å². The number of thiophene rings is 1. The predicted octanol–water partition coefficient (Wildman–Crippen LogP) is 6.01. The average Bonchev–Trinajstić information content (AvgIpc) is 3.07. The molecule has 0 aliphatic heterocycles. The Morgan fingerprint density at radius 2 is 1.86 bits per heavy atom. The number of halogens is 2. The van der Waals surface area contributed by atoms with E-state index in [1.807, 2.05) is 32.2 Å². The molecule has 1 heterocycles. The molecule has 0 unspecified atom stereocenters. The smallest absolute Gasteiger partial charge is 0.266 e. The van der Waals surface area contributed by atoms with Gasteiger partial charge in [-0.25, -0.2) is 8.78 Å². The number of carbonyl (C=O) groups is 1. The van der Waals surface area contributed by atoms with E-state index in [4.69, 9.17) is 4.84 Å². The lowest BCUT2D eigenvalue weighted by atomic mass is 10.0. The SMILES string of the molecule is Cc1ccsc1C(=O)Nc1cc(/C=N/OC(C)C)ccc1-c1cc(F)cc(F)c1. The first kappa shape index (κ1) is 20.7. The highest BCUT2D eigenvalue weighted by molar-refractivity contribution is 7.12. The Morgan fingerprint density at radius 3 is 2.48 bits per heavy atom. The maximum Gasteiger partial charge on any atom is 0.266 e. The van der Waals surface area contributed by atoms with Gasteiger partial charge in [0.15, 0.2) is 0 Å². The number of hydrogen-bond acceptors (Lipinski definition) is 4. The summed E-state index contributed by atoms with van der Waals surface area (Å²) < 4.78 is 27.5. The van der Waals surface area contributed by atoms with Crippen LogP contribution in [-0.2, 0) is 4.84 Å². The molecule has 1 amide bonds. The van der Waals surface area contributed by atoms with Crippen molar-refractivity contribution in [3.8, 4) is 11.1 Å². The minimum atomic E-state index is -0.692. The number of benzene rings is 2. The molecule has 3 aromatic rings. The summed E-state index contributed by atoms with van der Waals surface area (Å²) in [6.07, 6.45) is 1.45. The maximum atomic E-state index is 13.7. The monoisotopic (exact) mass is 414 g/mol. The van der Waals surface area contributed by atoms with Gasteiger partial charge >= 0.3 is 0 Å². The number of nitrogens with one attached hydrogen (secondary N) is 1. The third-order valence-electron chi connectivity index (χ3n) is 4.01. The lowest BCUT2D eigenvalue weighted by molar-refractivity contribution is 0.0873. The molecule has 1 aromatic heterocycles. The van der Waals surface area contributed by atoms with Crippen molar-refractivity contribution in [3.05, 3.63) is 75.5 Å². The van der Waals surface area contributed by atoms with Gasteiger partial charge in [0.2, 0.25) is 0 Å². The Labute approximate surface area is 171 Å². The minimum Gasteiger partial charge on any atom is -0.393 e. The Hall–Kier alpha value is -3.06. The van der Waals surface area contributed by atoms with Gasteiger partial charge in [-0.05, 0) is 67.1 Å². The van der Waals surface area contributed by atoms with Crippen LogP contribution in [-0.4, -0.2) is 18.2 Å². The predicted molar refractivity (Wildman–Crippen MR) is 113 cm³/mol. The number of rotatable bonds is 6. The average molecular weight is 414 g/mol. The third-order valence-corrected chi connectivity index (χ3v) is 5.02. The van der Waals surface area contributed by atoms with Gasteiger partial charge in [0, 0.05) is 17.3 Å². The normalized spacial score (nSPS) is 11.2. The summed E-state index contributed by atoms with van der Waals surface area (Å²) in [7, 11) is 0. The molecule has 0 saturated carbocycles. The van der Waals surface area contributed by atoms with Gasteiger partial charge in [0.25, 0.3) is 5.91 Å². The van der Waals surface area contributed by atoms with E-state index in [2.05, 4.69) is 10.5 Å². The van der Waals surface area contributed by atoms with Crippen molar-refractivity contribution in [1.29, 1.82) is 0 Å². The van der Waals surface area contributed by atoms with E-state index in [1.54, 1.807) is 18.2 Å². The molecule has 150 valence electrons. The molecule has 4 nitrogen and oxygen atoms in total. The van der Waals surface area contributed by atoms with Crippen molar-refractivity contribution < 1.29 is 18.4 Å². The number of amides is 1. The summed E-state index contributed by atoms with van der Waals surface area (Å²) >= 11 is 1.33. The van der Waals surface area contributed by atoms with E-state index in [9.17, 15) is 13.6 Å². The van der Waals surface area contributed by atoms with E-state index in [0.29, 0.717) is 27.3 Å². The summed E-state index contributed by atoms with van der Waals surface area (Å²) in [5.41, 5.74) is 2.76. The summed E-state index contributed by atoms with van der Waals surface area (Å²) in [5.74, 6) is -1.67. The standard InChI is InChI=1S/C22H20F2N2O2S/c1-13(2)28-25-12-15-4-5-19(16-9-17(23)11-18(24)10-16)20(8-15)26-22(27)21-14(3)6-7-29-21/h4-13H,1-3H3,(H,26,27)/b25-12+. The molecule has 0 radical (unpaired) electrons. The highest BCUT2D eigenvalue weighted by atomic mass is 32.1. The molecular formula is C22H20F2N2O2S. The van der Waals surface area contributed by atoms with E-state index >= 15 is 0 Å². The molecule has 1 N–H and O–H groups in total. The molecule has 0 fully saturated rings. The lowest BCUT2D eigenvalue weighted by Crippen LogP contribution is -2.12. The van der Waals surface area contributed by atoms with Crippen molar-refractivity contribution >= 4 is 29.1 Å². The van der Waals surface area contributed by atoms with Crippen molar-refractivity contribution in [3.63, 3.8) is 0 Å². The number of aryl methyl sites for hydroxylation is 1. The van der Waals surface area contributed by atoms with E-state index < -0.39 is 11.6 Å². The van der Waals surface area contributed by atoms with Gasteiger partial charge in [-0.1, -0.05) is 17.3 Å². The topological polar surface area (TPSA) is 50.7 Å². The minimum absolute atomic E-state index is 0.0678. The Kier molecular flexibility index (Phi) is 6.39. The summed E-state index contributed by atoms with van der Waals surface area (Å²) in [4.78, 5) is 18.5. The van der Waals surface area contributed by atoms with Crippen LogP contribution in [0.2, 0.25) is 0 Å². The highest BCUT2D eigenvalue weighted by Gasteiger charge is 2.15. The first-order chi connectivity index (χ1) is 13.8. The van der Waals surface area contributed by atoms with Crippen LogP contribution in [0.5, 0.6) is 0 Å². The van der Waals surface area contributed by atoms with Gasteiger partial charge in [-0.3, -0.25) is 4.79 Å². The van der Waals surface area contributed by atoms with Crippen molar-refractivity contribution in [2.45, 2.75) is 26.9 Å². The number of nitrogens with zero attached hydrogens (tertiary/aromatic N) is 1. The van der Waals surface area contributed by atoms with Crippen LogP contribution in [0.4, 0.5) is 14.5 Å². The fourth-order valence-electron chi connectivity index (χ4n) is 2.70. The molecule has 0 bridgehead atoms. The van der Waals surface area contributed by atoms with Crippen molar-refractivity contribution in [2.24, 2.45) is 5.16 Å². The number of oxime groups is 1. The van der Waals surface area contributed by atoms with Crippen LogP contribution in [0.3, 0.4) is 0 Å². The van der Waals surface area contributed by atoms with Gasteiger partial charge in [-0.2, -0.15) is 0 Å². The molecule has 0 atom stereocenters. The second kappa shape index (κ2) is 8.96. The molecule has 29 heavy (non-hydrogen) atoms. The van der Waals surface area contributed by atoms with Crippen LogP contribution in [0.25, 0.3) is 11.1 Å². The van der Waals surface area contributed by atoms with Crippen molar-refractivity contribution in [2.75, 3.05) is 5.32 Å². The highest BCUT2D eigenvalue weighted by Crippen LogP contribution is 2.31. The molecule has 0 saturated heterocycles. The summed E-state index contributed by atoms with van der Waals surface area (Å²) in [6, 6.07) is 10.2. The summed E-state index contributed by atoms with van der Waals surface area (Å²) in [6.45, 7) is 5.56. The van der Waals surface area contributed by atoms with E-state index in [1.165, 1.54) is 29.7 Å². The third kappa shape index (κ3) is 5.26. The molecular weight excluding hydrogens is 394 g/mol. The van der Waals surface area contributed by atoms with Crippen LogP contribution >= 0.6 is 11.3 Å². The van der Waals surface area contributed by atoms with E-state index in [-0.39, 0.29) is 12.0 Å². The Morgan fingerprint density at radius 1 is 1.14 bits per heavy atom. The zero-order valence-corrected chi connectivity index (χ0v) is 17.0. The number of hydrogen-bond donors (Lipinski definition) is 1. The van der Waals surface area contributed by atoms with Crippen LogP contribution in [0.1, 0.15) is 34.6 Å². The van der Waals surface area contributed by atoms with Crippen LogP contribution < -0.4 is 5.32 Å². The first-order valence-electron chi connectivity index (χ1n) is 8.98. The molecule has 7 heteroatoms. The van der Waals surface area contributed by atoms with Gasteiger partial charge in [0.1, 0.15) is 17.7 Å². The quantitative estimate of drug-likeness (QED) is 0.396. The van der Waals surface area contributed by atoms with Gasteiger partial charge in [0.05, 0.1) is 11.1 Å². The number of anilines is 1. The molecule has 3 rings (SSSR count). The lowest BCUT2D eigenvalue weighted by Gasteiger charge is -2.13. The zero-order valence-electron chi connectivity index (χ0n) is 16.2. The molecule has 0 aliphatic carbocycles. The van der Waals surface area contributed by atoms with Gasteiger partial charge < -0.3 is 10.2 Å². The fourth-order valence-corrected chi connectivity index (χ4v) is 3.52. The number of carbonyl (C=O) groups excluding carboxylic acids is 1. The zero-order chi connectivity index (χ0) is 21.0. The summed E-state index contributed by atoms with van der Waals surface area (Å²) in [5, 5.41) is 8.59. The largest absolute Gasteiger partial charge is 0.393 e. The first-order valence-corrected chi connectivity index (χ1v) is 9.86. The maximum absolute atomic E-state index is 13.7. The molecule has 0 aliphatic rings. The molecule has 2 aromatic carbocycles. The second-order valence-corrected chi connectivity index (χ2v) is 7.65. The molecule has 0 spiro atoms. The van der Waals surface area contributed by atoms with Crippen LogP contribution in [0.15, 0.2) is 53.0 Å². The fraction of sp³-hybridized carbons (Fsp3) is 0.182. The second-order valence-electron chi connectivity index (χ2n) is 6.74. The van der Waals surface area contributed by atoms with E-state index in [0.717, 1.165) is 11.6 Å². The van der Waals surface area contributed by atoms with Crippen molar-refractivity contribution in [1.82, 2.24) is 0 Å².